The molecule has 0 aromatic heterocycles. The Morgan fingerprint density at radius 2 is 1.75 bits per heavy atom. The highest BCUT2D eigenvalue weighted by Gasteiger charge is 2.44. The zero-order valence-corrected chi connectivity index (χ0v) is 21.6. The second-order valence-electron chi connectivity index (χ2n) is 9.72. The number of nitrogens with zero attached hydrogens (tertiary/aromatic N) is 3. The van der Waals surface area contributed by atoms with Gasteiger partial charge in [-0.2, -0.15) is 5.10 Å². The van der Waals surface area contributed by atoms with Crippen LogP contribution >= 0.6 is 0 Å². The van der Waals surface area contributed by atoms with Crippen LogP contribution in [0.25, 0.3) is 6.08 Å². The highest BCUT2D eigenvalue weighted by Crippen LogP contribution is 2.44. The summed E-state index contributed by atoms with van der Waals surface area (Å²) in [6, 6.07) is 15.4. The molecule has 1 aliphatic carbocycles. The maximum Gasteiger partial charge on any atom is 0.339 e. The van der Waals surface area contributed by atoms with Crippen molar-refractivity contribution in [1.29, 1.82) is 0 Å². The van der Waals surface area contributed by atoms with Gasteiger partial charge < -0.3 is 4.74 Å². The number of esters is 1. The van der Waals surface area contributed by atoms with Crippen LogP contribution in [0.5, 0.6) is 0 Å². The first-order chi connectivity index (χ1) is 19.2. The topological polar surface area (TPSA) is 102 Å². The molecule has 1 fully saturated rings. The number of hydrogen-bond donors (Lipinski definition) is 0. The molecule has 2 atom stereocenters. The number of nitro benzene ring substituents is 1. The maximum absolute atomic E-state index is 13.7. The van der Waals surface area contributed by atoms with Crippen LogP contribution in [0, 0.1) is 34.6 Å². The number of amides is 1. The summed E-state index contributed by atoms with van der Waals surface area (Å²) in [7, 11) is 0. The van der Waals surface area contributed by atoms with Crippen LogP contribution < -0.4 is 0 Å². The number of carbonyl (C=O) groups is 2. The summed E-state index contributed by atoms with van der Waals surface area (Å²) >= 11 is 0. The summed E-state index contributed by atoms with van der Waals surface area (Å²) in [6.07, 6.45) is 4.20. The van der Waals surface area contributed by atoms with E-state index in [1.807, 2.05) is 6.08 Å². The molecule has 204 valence electrons. The van der Waals surface area contributed by atoms with Crippen LogP contribution in [0.4, 0.5) is 14.5 Å². The Morgan fingerprint density at radius 1 is 1.07 bits per heavy atom. The minimum atomic E-state index is -0.867. The van der Waals surface area contributed by atoms with Gasteiger partial charge in [0.2, 0.25) is 0 Å². The number of hydrogen-bond acceptors (Lipinski definition) is 6. The zero-order chi connectivity index (χ0) is 28.4. The van der Waals surface area contributed by atoms with E-state index in [9.17, 15) is 28.5 Å². The third-order valence-corrected chi connectivity index (χ3v) is 7.23. The standard InChI is InChI=1S/C30H25F2N3O5/c1-18-24(5-3-7-26(18)35(38)39)30(37)40-17-27(36)34-29(20-10-14-23(32)15-11-20)25-6-2-4-21(28(25)33-34)16-19-8-12-22(31)13-9-19/h3,5,7-16,25,29H,2,4,6,17H2,1H3. The lowest BCUT2D eigenvalue weighted by Crippen LogP contribution is -2.34. The largest absolute Gasteiger partial charge is 0.452 e. The van der Waals surface area contributed by atoms with Crippen molar-refractivity contribution in [3.8, 4) is 0 Å². The van der Waals surface area contributed by atoms with Crippen LogP contribution in [0.2, 0.25) is 0 Å². The molecule has 0 saturated heterocycles. The van der Waals surface area contributed by atoms with Gasteiger partial charge >= 0.3 is 5.97 Å². The Morgan fingerprint density at radius 3 is 2.42 bits per heavy atom. The first-order valence-corrected chi connectivity index (χ1v) is 12.8. The average Bonchev–Trinajstić information content (AvgIpc) is 3.34. The Balaban J connectivity index is 1.43. The fraction of sp³-hybridized carbons (Fsp3) is 0.233. The van der Waals surface area contributed by atoms with E-state index in [-0.39, 0.29) is 28.5 Å². The summed E-state index contributed by atoms with van der Waals surface area (Å²) < 4.78 is 32.4. The van der Waals surface area contributed by atoms with Gasteiger partial charge in [-0.15, -0.1) is 0 Å². The second-order valence-corrected chi connectivity index (χ2v) is 9.72. The van der Waals surface area contributed by atoms with E-state index in [1.54, 1.807) is 24.3 Å². The van der Waals surface area contributed by atoms with Crippen LogP contribution in [-0.4, -0.2) is 34.1 Å². The van der Waals surface area contributed by atoms with E-state index in [0.29, 0.717) is 17.7 Å². The molecule has 1 heterocycles. The van der Waals surface area contributed by atoms with E-state index in [1.165, 1.54) is 54.4 Å². The van der Waals surface area contributed by atoms with Crippen molar-refractivity contribution in [1.82, 2.24) is 5.01 Å². The van der Waals surface area contributed by atoms with E-state index < -0.39 is 35.3 Å². The SMILES string of the molecule is Cc1c(C(=O)OCC(=O)N2N=C3C(=Cc4ccc(F)cc4)CCCC3C2c2ccc(F)cc2)cccc1[N+](=O)[O-]. The van der Waals surface area contributed by atoms with Crippen LogP contribution in [-0.2, 0) is 9.53 Å². The predicted molar refractivity (Wildman–Crippen MR) is 143 cm³/mol. The lowest BCUT2D eigenvalue weighted by molar-refractivity contribution is -0.385. The van der Waals surface area contributed by atoms with Gasteiger partial charge in [0.15, 0.2) is 6.61 Å². The first-order valence-electron chi connectivity index (χ1n) is 12.8. The highest BCUT2D eigenvalue weighted by molar-refractivity contribution is 6.08. The minimum absolute atomic E-state index is 0.0111. The number of rotatable bonds is 6. The van der Waals surface area contributed by atoms with Gasteiger partial charge in [-0.25, -0.2) is 18.6 Å². The number of hydrazone groups is 1. The smallest absolute Gasteiger partial charge is 0.339 e. The fourth-order valence-electron chi connectivity index (χ4n) is 5.27. The van der Waals surface area contributed by atoms with E-state index in [0.717, 1.165) is 24.0 Å². The van der Waals surface area contributed by atoms with Crippen molar-refractivity contribution in [2.24, 2.45) is 11.0 Å². The van der Waals surface area contributed by atoms with Gasteiger partial charge in [0.25, 0.3) is 11.6 Å². The Labute approximate surface area is 228 Å². The average molecular weight is 546 g/mol. The molecule has 0 radical (unpaired) electrons. The van der Waals surface area contributed by atoms with Gasteiger partial charge in [0, 0.05) is 17.5 Å². The molecule has 3 aromatic rings. The summed E-state index contributed by atoms with van der Waals surface area (Å²) in [5.74, 6) is -2.39. The van der Waals surface area contributed by atoms with Crippen LogP contribution in [0.1, 0.15) is 52.4 Å². The minimum Gasteiger partial charge on any atom is -0.452 e. The van der Waals surface area contributed by atoms with Crippen molar-refractivity contribution in [2.75, 3.05) is 6.61 Å². The van der Waals surface area contributed by atoms with Gasteiger partial charge in [0.05, 0.1) is 22.2 Å². The lowest BCUT2D eigenvalue weighted by atomic mass is 9.77. The maximum atomic E-state index is 13.7. The molecular weight excluding hydrogens is 520 g/mol. The summed E-state index contributed by atoms with van der Waals surface area (Å²) in [5, 5.41) is 17.2. The van der Waals surface area contributed by atoms with Gasteiger partial charge in [-0.3, -0.25) is 14.9 Å². The van der Waals surface area contributed by atoms with Crippen molar-refractivity contribution in [2.45, 2.75) is 32.2 Å². The third-order valence-electron chi connectivity index (χ3n) is 7.23. The van der Waals surface area contributed by atoms with Crippen molar-refractivity contribution >= 4 is 29.4 Å². The molecule has 1 aliphatic heterocycles. The molecule has 5 rings (SSSR count). The number of nitro groups is 1. The van der Waals surface area contributed by atoms with Gasteiger partial charge in [0.1, 0.15) is 11.6 Å². The number of benzene rings is 3. The molecule has 0 N–H and O–H groups in total. The van der Waals surface area contributed by atoms with E-state index >= 15 is 0 Å². The summed E-state index contributed by atoms with van der Waals surface area (Å²) in [5.41, 5.74) is 2.99. The number of fused-ring (bicyclic) bond motifs is 1. The normalized spacial score (nSPS) is 19.2. The Kier molecular flexibility index (Phi) is 7.50. The number of ether oxygens (including phenoxy) is 1. The zero-order valence-electron chi connectivity index (χ0n) is 21.6. The third kappa shape index (κ3) is 5.38. The fourth-order valence-corrected chi connectivity index (χ4v) is 5.27. The van der Waals surface area contributed by atoms with Crippen molar-refractivity contribution < 1.29 is 28.0 Å². The van der Waals surface area contributed by atoms with Crippen molar-refractivity contribution in [3.05, 3.63) is 116 Å². The summed E-state index contributed by atoms with van der Waals surface area (Å²) in [6.45, 7) is 0.798. The van der Waals surface area contributed by atoms with Crippen molar-refractivity contribution in [3.63, 3.8) is 0 Å². The molecule has 2 aliphatic rings. The van der Waals surface area contributed by atoms with E-state index in [4.69, 9.17) is 4.74 Å². The van der Waals surface area contributed by atoms with Crippen LogP contribution in [0.15, 0.2) is 77.4 Å². The monoisotopic (exact) mass is 545 g/mol. The molecule has 8 nitrogen and oxygen atoms in total. The molecule has 0 spiro atoms. The second kappa shape index (κ2) is 11.2. The molecule has 2 unspecified atom stereocenters. The molecule has 1 amide bonds. The molecular formula is C30H25F2N3O5. The lowest BCUT2D eigenvalue weighted by Gasteiger charge is -2.29. The van der Waals surface area contributed by atoms with Gasteiger partial charge in [-0.05, 0) is 79.3 Å². The molecule has 3 aromatic carbocycles. The van der Waals surface area contributed by atoms with Crippen LogP contribution in [0.3, 0.4) is 0 Å². The van der Waals surface area contributed by atoms with Gasteiger partial charge in [-0.1, -0.05) is 30.3 Å². The van der Waals surface area contributed by atoms with E-state index in [2.05, 4.69) is 5.10 Å². The number of allylic oxidation sites excluding steroid dienone is 1. The quantitative estimate of drug-likeness (QED) is 0.210. The predicted octanol–water partition coefficient (Wildman–Crippen LogP) is 6.16. The first kappa shape index (κ1) is 26.9. The Bertz CT molecular complexity index is 1530. The molecule has 40 heavy (non-hydrogen) atoms. The molecule has 10 heteroatoms. The highest BCUT2D eigenvalue weighted by atomic mass is 19.1. The number of carbonyl (C=O) groups excluding carboxylic acids is 2. The Hall–Kier alpha value is -4.73. The molecule has 1 saturated carbocycles. The summed E-state index contributed by atoms with van der Waals surface area (Å²) in [4.78, 5) is 36.8. The number of halogens is 2. The molecule has 0 bridgehead atoms.